The molecule has 3 aromatic rings. The summed E-state index contributed by atoms with van der Waals surface area (Å²) in [7, 11) is 0. The quantitative estimate of drug-likeness (QED) is 0.0675. The zero-order valence-corrected chi connectivity index (χ0v) is 23.4. The number of fused-ring (bicyclic) bond motifs is 2. The zero-order chi connectivity index (χ0) is 28.7. The fourth-order valence-corrected chi connectivity index (χ4v) is 6.92. The van der Waals surface area contributed by atoms with Gasteiger partial charge in [-0.3, -0.25) is 14.5 Å². The van der Waals surface area contributed by atoms with E-state index in [1.54, 1.807) is 19.2 Å². The monoisotopic (exact) mass is 605 g/mol. The normalized spacial score (nSPS) is 19.1. The fraction of sp³-hybridized carbons (Fsp3) is 0.304. The van der Waals surface area contributed by atoms with Crippen LogP contribution in [0, 0.1) is 0 Å². The number of amides is 2. The largest absolute Gasteiger partial charge is 0.504 e. The van der Waals surface area contributed by atoms with Gasteiger partial charge in [0.05, 0.1) is 11.0 Å². The number of hydrogen-bond acceptors (Lipinski definition) is 13. The van der Waals surface area contributed by atoms with Crippen molar-refractivity contribution in [2.75, 3.05) is 17.2 Å². The molecular formula is C23H23N7O7S3. The van der Waals surface area contributed by atoms with Gasteiger partial charge in [-0.25, -0.2) is 14.8 Å². The lowest BCUT2D eigenvalue weighted by Crippen LogP contribution is -2.71. The third kappa shape index (κ3) is 5.26. The molecule has 1 aromatic carbocycles. The van der Waals surface area contributed by atoms with E-state index in [9.17, 15) is 29.7 Å². The van der Waals surface area contributed by atoms with Crippen LogP contribution in [-0.4, -0.2) is 87.7 Å². The molecule has 210 valence electrons. The molecule has 17 heteroatoms. The lowest BCUT2D eigenvalue weighted by atomic mass is 10.0. The minimum Gasteiger partial charge on any atom is -0.504 e. The maximum atomic E-state index is 13.1. The average Bonchev–Trinajstić information content (AvgIpc) is 3.50. The van der Waals surface area contributed by atoms with E-state index in [0.717, 1.165) is 11.3 Å². The number of thioether (sulfide) groups is 2. The number of H-pyrrole nitrogens is 1. The van der Waals surface area contributed by atoms with E-state index in [2.05, 4.69) is 25.4 Å². The number of oxime groups is 1. The topological polar surface area (TPSA) is 216 Å². The molecule has 0 aliphatic carbocycles. The van der Waals surface area contributed by atoms with Gasteiger partial charge in [0.15, 0.2) is 27.5 Å². The molecule has 0 radical (unpaired) electrons. The van der Waals surface area contributed by atoms with Gasteiger partial charge < -0.3 is 36.2 Å². The number of phenolic OH excluding ortho intramolecular Hbond substituents is 2. The summed E-state index contributed by atoms with van der Waals surface area (Å²) >= 11 is 3.66. The molecule has 0 unspecified atom stereocenters. The number of imidazole rings is 1. The van der Waals surface area contributed by atoms with E-state index in [-0.39, 0.29) is 45.6 Å². The summed E-state index contributed by atoms with van der Waals surface area (Å²) in [5, 5.41) is 37.5. The Balaban J connectivity index is 1.31. The highest BCUT2D eigenvalue weighted by atomic mass is 32.2. The Morgan fingerprint density at radius 2 is 2.08 bits per heavy atom. The third-order valence-electron chi connectivity index (χ3n) is 5.81. The van der Waals surface area contributed by atoms with E-state index in [1.807, 2.05) is 0 Å². The predicted octanol–water partition coefficient (Wildman–Crippen LogP) is 1.67. The molecule has 2 atom stereocenters. The Morgan fingerprint density at radius 3 is 2.75 bits per heavy atom. The van der Waals surface area contributed by atoms with Gasteiger partial charge in [0, 0.05) is 29.0 Å². The number of nitrogens with two attached hydrogens (primary N) is 1. The lowest BCUT2D eigenvalue weighted by Gasteiger charge is -2.49. The minimum atomic E-state index is -1.26. The van der Waals surface area contributed by atoms with Crippen LogP contribution in [0.15, 0.2) is 39.1 Å². The molecule has 0 saturated carbocycles. The number of carbonyl (C=O) groups excluding carboxylic acids is 2. The van der Waals surface area contributed by atoms with Crippen molar-refractivity contribution >= 4 is 74.5 Å². The van der Waals surface area contributed by atoms with Crippen LogP contribution in [0.2, 0.25) is 0 Å². The van der Waals surface area contributed by atoms with Gasteiger partial charge in [0.25, 0.3) is 11.8 Å². The molecule has 4 heterocycles. The number of rotatable bonds is 9. The number of hydrogen-bond donors (Lipinski definition) is 6. The summed E-state index contributed by atoms with van der Waals surface area (Å²) in [5.74, 6) is -2.61. The molecule has 2 aliphatic rings. The lowest BCUT2D eigenvalue weighted by molar-refractivity contribution is -0.150. The molecule has 5 rings (SSSR count). The van der Waals surface area contributed by atoms with E-state index >= 15 is 0 Å². The number of aromatic nitrogens is 3. The number of β-lactam (4-membered cyclic amide) rings is 1. The number of aromatic amines is 1. The van der Waals surface area contributed by atoms with Gasteiger partial charge in [-0.05, 0) is 19.4 Å². The zero-order valence-electron chi connectivity index (χ0n) is 20.9. The first-order chi connectivity index (χ1) is 19.0. The number of aromatic hydroxyl groups is 2. The molecule has 0 spiro atoms. The summed E-state index contributed by atoms with van der Waals surface area (Å²) < 4.78 is 0. The van der Waals surface area contributed by atoms with Crippen LogP contribution in [0.1, 0.15) is 19.5 Å². The molecule has 2 amide bonds. The van der Waals surface area contributed by atoms with Crippen molar-refractivity contribution in [1.29, 1.82) is 0 Å². The molecule has 1 fully saturated rings. The predicted molar refractivity (Wildman–Crippen MR) is 149 cm³/mol. The second-order valence-corrected chi connectivity index (χ2v) is 11.9. The van der Waals surface area contributed by atoms with Crippen LogP contribution >= 0.6 is 34.9 Å². The SMILES string of the molecule is CC(C)ON=C(C(=O)N[C@@H]1C(=O)N2C(C(=O)O)=C(CSc3nc4cc(O)c(O)cc4[nH]3)CS[C@H]12)c1csc(N)n1. The van der Waals surface area contributed by atoms with Crippen LogP contribution in [0.3, 0.4) is 0 Å². The maximum Gasteiger partial charge on any atom is 0.352 e. The standard InChI is InChI=1S/C23H23N7O7S3/c1-8(2)37-29-15(12-7-39-22(24)25-12)18(33)28-16-19(34)30-17(21(35)36)9(5-38-20(16)30)6-40-23-26-10-3-13(31)14(32)4-11(10)27-23/h3-4,7-8,16,20,31-32H,5-6H2,1-2H3,(H2,24,25)(H,26,27)(H,28,33)(H,35,36)/t16-,20-/m1/s1. The number of carboxylic acid groups (broad SMARTS) is 1. The number of carbonyl (C=O) groups is 3. The Labute approximate surface area is 238 Å². The van der Waals surface area contributed by atoms with Crippen LogP contribution in [0.5, 0.6) is 11.5 Å². The maximum absolute atomic E-state index is 13.1. The number of nitrogens with zero attached hydrogens (tertiary/aromatic N) is 4. The second kappa shape index (κ2) is 10.9. The first-order valence-electron chi connectivity index (χ1n) is 11.7. The molecule has 2 aromatic heterocycles. The smallest absolute Gasteiger partial charge is 0.352 e. The third-order valence-corrected chi connectivity index (χ3v) is 8.78. The van der Waals surface area contributed by atoms with Crippen LogP contribution in [0.4, 0.5) is 5.13 Å². The van der Waals surface area contributed by atoms with Crippen molar-refractivity contribution in [2.24, 2.45) is 5.16 Å². The van der Waals surface area contributed by atoms with Gasteiger partial charge in [-0.2, -0.15) is 0 Å². The van der Waals surface area contributed by atoms with E-state index in [4.69, 9.17) is 10.6 Å². The average molecular weight is 606 g/mol. The number of nitrogens with one attached hydrogen (secondary N) is 2. The number of thiazole rings is 1. The van der Waals surface area contributed by atoms with Crippen molar-refractivity contribution in [3.63, 3.8) is 0 Å². The number of carboxylic acids is 1. The highest BCUT2D eigenvalue weighted by Crippen LogP contribution is 2.41. The van der Waals surface area contributed by atoms with Crippen LogP contribution in [-0.2, 0) is 19.2 Å². The fourth-order valence-electron chi connectivity index (χ4n) is 4.00. The number of benzene rings is 1. The van der Waals surface area contributed by atoms with Crippen molar-refractivity contribution in [3.05, 3.63) is 34.5 Å². The summed E-state index contributed by atoms with van der Waals surface area (Å²) in [6, 6.07) is 1.68. The van der Waals surface area contributed by atoms with Crippen molar-refractivity contribution < 1.29 is 34.5 Å². The number of aliphatic carboxylic acids is 1. The molecule has 1 saturated heterocycles. The summed E-state index contributed by atoms with van der Waals surface area (Å²) in [6.45, 7) is 3.47. The first-order valence-corrected chi connectivity index (χ1v) is 14.7. The van der Waals surface area contributed by atoms with E-state index in [1.165, 1.54) is 40.6 Å². The molecule has 0 bridgehead atoms. The van der Waals surface area contributed by atoms with Crippen molar-refractivity contribution in [3.8, 4) is 11.5 Å². The van der Waals surface area contributed by atoms with Gasteiger partial charge in [0.1, 0.15) is 28.9 Å². The Hall–Kier alpha value is -3.96. The second-order valence-electron chi connectivity index (χ2n) is 8.97. The van der Waals surface area contributed by atoms with Gasteiger partial charge >= 0.3 is 5.97 Å². The number of anilines is 1. The summed E-state index contributed by atoms with van der Waals surface area (Å²) in [4.78, 5) is 56.2. The summed E-state index contributed by atoms with van der Waals surface area (Å²) in [5.41, 5.74) is 7.05. The molecule has 2 aliphatic heterocycles. The molecule has 40 heavy (non-hydrogen) atoms. The Bertz CT molecular complexity index is 1540. The van der Waals surface area contributed by atoms with Gasteiger partial charge in [0.2, 0.25) is 0 Å². The number of phenols is 2. The highest BCUT2D eigenvalue weighted by molar-refractivity contribution is 8.01. The Kier molecular flexibility index (Phi) is 7.52. The minimum absolute atomic E-state index is 0.137. The summed E-state index contributed by atoms with van der Waals surface area (Å²) in [6.07, 6.45) is -0.313. The van der Waals surface area contributed by atoms with Crippen molar-refractivity contribution in [1.82, 2.24) is 25.2 Å². The van der Waals surface area contributed by atoms with Crippen molar-refractivity contribution in [2.45, 2.75) is 36.5 Å². The van der Waals surface area contributed by atoms with E-state index in [0.29, 0.717) is 27.5 Å². The van der Waals surface area contributed by atoms with Crippen LogP contribution < -0.4 is 11.1 Å². The molecule has 14 nitrogen and oxygen atoms in total. The highest BCUT2D eigenvalue weighted by Gasteiger charge is 2.54. The van der Waals surface area contributed by atoms with Gasteiger partial charge in [-0.1, -0.05) is 16.9 Å². The number of nitrogen functional groups attached to an aromatic ring is 1. The molecule has 7 N–H and O–H groups in total. The van der Waals surface area contributed by atoms with E-state index < -0.39 is 29.2 Å². The van der Waals surface area contributed by atoms with Crippen LogP contribution in [0.25, 0.3) is 11.0 Å². The molecular weight excluding hydrogens is 582 g/mol. The first kappa shape index (κ1) is 27.6. The van der Waals surface area contributed by atoms with Gasteiger partial charge in [-0.15, -0.1) is 23.1 Å². The Morgan fingerprint density at radius 1 is 1.32 bits per heavy atom.